The Kier molecular flexibility index (Phi) is 8.20. The highest BCUT2D eigenvalue weighted by molar-refractivity contribution is 6.32. The first kappa shape index (κ1) is 24.8. The molecule has 9 heteroatoms. The summed E-state index contributed by atoms with van der Waals surface area (Å²) >= 11 is 6.25. The van der Waals surface area contributed by atoms with Crippen LogP contribution in [0.1, 0.15) is 25.3 Å². The number of hydrogen-bond donors (Lipinski definition) is 2. The highest BCUT2D eigenvalue weighted by Crippen LogP contribution is 2.34. The summed E-state index contributed by atoms with van der Waals surface area (Å²) in [6.45, 7) is 11.4. The summed E-state index contributed by atoms with van der Waals surface area (Å²) < 4.78 is 5.21. The molecule has 1 aromatic heterocycles. The minimum Gasteiger partial charge on any atom is -0.495 e. The zero-order valence-corrected chi connectivity index (χ0v) is 20.2. The zero-order chi connectivity index (χ0) is 22.7. The standard InChI is InChI=1S/C24H26ClN5O2.ClH/c1-15(31)17-8-10-30(11-9-17)24-19-6-5-18(26-2)13-20(19)23(28-29-24)27-14-16-4-7-22(32-3)21(25)12-16;/h4-7,12-13,15,17,31H,8-11,14H2,1,3H3,(H,27,28);1H. The smallest absolute Gasteiger partial charge is 0.188 e. The van der Waals surface area contributed by atoms with Gasteiger partial charge in [-0.15, -0.1) is 22.6 Å². The van der Waals surface area contributed by atoms with Crippen molar-refractivity contribution in [3.63, 3.8) is 0 Å². The second-order valence-corrected chi connectivity index (χ2v) is 8.51. The Labute approximate surface area is 204 Å². The molecule has 33 heavy (non-hydrogen) atoms. The maximum Gasteiger partial charge on any atom is 0.188 e. The number of anilines is 2. The first-order valence-electron chi connectivity index (χ1n) is 10.7. The highest BCUT2D eigenvalue weighted by Gasteiger charge is 2.25. The number of hydrogen-bond acceptors (Lipinski definition) is 6. The molecule has 174 valence electrons. The van der Waals surface area contributed by atoms with Gasteiger partial charge < -0.3 is 20.1 Å². The van der Waals surface area contributed by atoms with E-state index in [9.17, 15) is 5.11 Å². The normalized spacial score (nSPS) is 14.9. The van der Waals surface area contributed by atoms with Crippen molar-refractivity contribution in [3.05, 3.63) is 58.4 Å². The molecule has 0 saturated carbocycles. The summed E-state index contributed by atoms with van der Waals surface area (Å²) in [6, 6.07) is 11.2. The van der Waals surface area contributed by atoms with Crippen LogP contribution in [0.15, 0.2) is 36.4 Å². The van der Waals surface area contributed by atoms with E-state index >= 15 is 0 Å². The van der Waals surface area contributed by atoms with E-state index in [1.54, 1.807) is 7.11 Å². The summed E-state index contributed by atoms with van der Waals surface area (Å²) in [6.07, 6.45) is 1.54. The van der Waals surface area contributed by atoms with Gasteiger partial charge in [0.1, 0.15) is 5.75 Å². The molecule has 1 aliphatic rings. The van der Waals surface area contributed by atoms with Gasteiger partial charge in [0.15, 0.2) is 17.3 Å². The van der Waals surface area contributed by atoms with Gasteiger partial charge in [0.25, 0.3) is 0 Å². The number of ether oxygens (including phenoxy) is 1. The van der Waals surface area contributed by atoms with Gasteiger partial charge in [-0.1, -0.05) is 29.8 Å². The number of methoxy groups -OCH3 is 1. The summed E-state index contributed by atoms with van der Waals surface area (Å²) in [5.41, 5.74) is 1.54. The Balaban J connectivity index is 0.00000306. The molecule has 2 N–H and O–H groups in total. The lowest BCUT2D eigenvalue weighted by Crippen LogP contribution is -2.37. The van der Waals surface area contributed by atoms with Crippen molar-refractivity contribution >= 4 is 52.1 Å². The molecule has 1 atom stereocenters. The van der Waals surface area contributed by atoms with E-state index < -0.39 is 0 Å². The van der Waals surface area contributed by atoms with E-state index in [4.69, 9.17) is 22.9 Å². The van der Waals surface area contributed by atoms with Crippen LogP contribution in [0.4, 0.5) is 17.3 Å². The SMILES string of the molecule is Cl.[C-]#[N+]c1ccc2c(N3CCC(C(C)O)CC3)nnc(NCc3ccc(OC)c(Cl)c3)c2c1. The van der Waals surface area contributed by atoms with Crippen molar-refractivity contribution in [2.75, 3.05) is 30.4 Å². The quantitative estimate of drug-likeness (QED) is 0.448. The third kappa shape index (κ3) is 5.41. The maximum atomic E-state index is 9.90. The van der Waals surface area contributed by atoms with Gasteiger partial charge in [-0.05, 0) is 49.4 Å². The van der Waals surface area contributed by atoms with Gasteiger partial charge >= 0.3 is 0 Å². The Morgan fingerprint density at radius 3 is 2.61 bits per heavy atom. The fourth-order valence-corrected chi connectivity index (χ4v) is 4.44. The zero-order valence-electron chi connectivity index (χ0n) is 18.6. The van der Waals surface area contributed by atoms with Crippen molar-refractivity contribution in [1.82, 2.24) is 10.2 Å². The monoisotopic (exact) mass is 487 g/mol. The molecule has 4 rings (SSSR count). The molecule has 0 radical (unpaired) electrons. The average Bonchev–Trinajstić information content (AvgIpc) is 2.82. The van der Waals surface area contributed by atoms with Crippen LogP contribution < -0.4 is 15.0 Å². The third-order valence-electron chi connectivity index (χ3n) is 6.07. The lowest BCUT2D eigenvalue weighted by molar-refractivity contribution is 0.110. The molecule has 1 saturated heterocycles. The fraction of sp³-hybridized carbons (Fsp3) is 0.375. The van der Waals surface area contributed by atoms with Gasteiger partial charge in [-0.3, -0.25) is 0 Å². The van der Waals surface area contributed by atoms with Gasteiger partial charge in [0.05, 0.1) is 24.8 Å². The second-order valence-electron chi connectivity index (χ2n) is 8.10. The van der Waals surface area contributed by atoms with E-state index in [1.165, 1.54) is 0 Å². The molecule has 0 amide bonds. The molecule has 1 fully saturated rings. The Morgan fingerprint density at radius 2 is 1.97 bits per heavy atom. The van der Waals surface area contributed by atoms with Crippen LogP contribution in [0, 0.1) is 12.5 Å². The number of nitrogens with zero attached hydrogens (tertiary/aromatic N) is 4. The summed E-state index contributed by atoms with van der Waals surface area (Å²) in [5, 5.41) is 24.6. The second kappa shape index (κ2) is 10.9. The van der Waals surface area contributed by atoms with E-state index in [0.29, 0.717) is 34.7 Å². The molecule has 3 aromatic rings. The van der Waals surface area contributed by atoms with Crippen molar-refractivity contribution in [2.24, 2.45) is 5.92 Å². The maximum absolute atomic E-state index is 9.90. The Bertz CT molecular complexity index is 1160. The molecule has 1 unspecified atom stereocenters. The van der Waals surface area contributed by atoms with Gasteiger partial charge in [0.2, 0.25) is 0 Å². The molecule has 2 aromatic carbocycles. The van der Waals surface area contributed by atoms with Gasteiger partial charge in [0, 0.05) is 30.4 Å². The van der Waals surface area contributed by atoms with E-state index in [1.807, 2.05) is 43.3 Å². The van der Waals surface area contributed by atoms with Crippen LogP contribution in [0.2, 0.25) is 5.02 Å². The van der Waals surface area contributed by atoms with Gasteiger partial charge in [-0.25, -0.2) is 4.85 Å². The summed E-state index contributed by atoms with van der Waals surface area (Å²) in [7, 11) is 1.59. The lowest BCUT2D eigenvalue weighted by atomic mass is 9.92. The molecule has 1 aliphatic heterocycles. The molecule has 0 bridgehead atoms. The number of aromatic nitrogens is 2. The molecule has 0 spiro atoms. The predicted octanol–water partition coefficient (Wildman–Crippen LogP) is 5.47. The van der Waals surface area contributed by atoms with Crippen LogP contribution in [-0.4, -0.2) is 41.6 Å². The number of aliphatic hydroxyl groups is 1. The highest BCUT2D eigenvalue weighted by atomic mass is 35.5. The van der Waals surface area contributed by atoms with Gasteiger partial charge in [-0.2, -0.15) is 0 Å². The number of benzene rings is 2. The summed E-state index contributed by atoms with van der Waals surface area (Å²) in [5.74, 6) is 2.39. The van der Waals surface area contributed by atoms with Crippen molar-refractivity contribution in [2.45, 2.75) is 32.4 Å². The largest absolute Gasteiger partial charge is 0.495 e. The Hall–Kier alpha value is -2.79. The fourth-order valence-electron chi connectivity index (χ4n) is 4.16. The average molecular weight is 488 g/mol. The number of fused-ring (bicyclic) bond motifs is 1. The molecular weight excluding hydrogens is 461 g/mol. The molecule has 0 aliphatic carbocycles. The number of aliphatic hydroxyl groups excluding tert-OH is 1. The molecule has 2 heterocycles. The molecule has 7 nitrogen and oxygen atoms in total. The van der Waals surface area contributed by atoms with Crippen LogP contribution in [0.3, 0.4) is 0 Å². The van der Waals surface area contributed by atoms with E-state index in [2.05, 4.69) is 25.3 Å². The van der Waals surface area contributed by atoms with Crippen molar-refractivity contribution in [1.29, 1.82) is 0 Å². The first-order chi connectivity index (χ1) is 15.5. The minimum atomic E-state index is -0.292. The van der Waals surface area contributed by atoms with E-state index in [0.717, 1.165) is 48.1 Å². The van der Waals surface area contributed by atoms with Crippen molar-refractivity contribution in [3.8, 4) is 5.75 Å². The number of piperidine rings is 1. The van der Waals surface area contributed by atoms with E-state index in [-0.39, 0.29) is 18.5 Å². The number of halogens is 2. The lowest BCUT2D eigenvalue weighted by Gasteiger charge is -2.34. The number of rotatable bonds is 6. The third-order valence-corrected chi connectivity index (χ3v) is 6.37. The van der Waals surface area contributed by atoms with Crippen LogP contribution >= 0.6 is 24.0 Å². The topological polar surface area (TPSA) is 74.9 Å². The van der Waals surface area contributed by atoms with Crippen molar-refractivity contribution < 1.29 is 9.84 Å². The van der Waals surface area contributed by atoms with Crippen LogP contribution in [0.5, 0.6) is 5.75 Å². The Morgan fingerprint density at radius 1 is 1.21 bits per heavy atom. The van der Waals surface area contributed by atoms with Crippen LogP contribution in [-0.2, 0) is 6.54 Å². The number of nitrogens with one attached hydrogen (secondary N) is 1. The molecular formula is C24H27Cl2N5O2. The summed E-state index contributed by atoms with van der Waals surface area (Å²) in [4.78, 5) is 5.80. The first-order valence-corrected chi connectivity index (χ1v) is 11.0. The van der Waals surface area contributed by atoms with Crippen LogP contribution in [0.25, 0.3) is 15.6 Å². The minimum absolute atomic E-state index is 0. The predicted molar refractivity (Wildman–Crippen MR) is 135 cm³/mol.